The lowest BCUT2D eigenvalue weighted by molar-refractivity contribution is -0.120. The maximum absolute atomic E-state index is 13.2. The van der Waals surface area contributed by atoms with Crippen LogP contribution < -0.4 is 15.6 Å². The van der Waals surface area contributed by atoms with E-state index in [-0.39, 0.29) is 17.9 Å². The number of amides is 1. The molecule has 3 aromatic carbocycles. The van der Waals surface area contributed by atoms with E-state index in [1.807, 2.05) is 74.5 Å². The molecule has 0 unspecified atom stereocenters. The Morgan fingerprint density at radius 1 is 0.939 bits per heavy atom. The second kappa shape index (κ2) is 9.33. The van der Waals surface area contributed by atoms with Crippen molar-refractivity contribution in [2.24, 2.45) is 7.05 Å². The van der Waals surface area contributed by atoms with Gasteiger partial charge in [0.1, 0.15) is 5.75 Å². The fourth-order valence-electron chi connectivity index (χ4n) is 4.12. The molecule has 0 radical (unpaired) electrons. The highest BCUT2D eigenvalue weighted by molar-refractivity contribution is 5.99. The van der Waals surface area contributed by atoms with Crippen LogP contribution in [0.1, 0.15) is 22.4 Å². The summed E-state index contributed by atoms with van der Waals surface area (Å²) in [5, 5.41) is 4.53. The van der Waals surface area contributed by atoms with E-state index in [1.54, 1.807) is 18.7 Å². The van der Waals surface area contributed by atoms with Gasteiger partial charge in [-0.25, -0.2) is 0 Å². The van der Waals surface area contributed by atoms with Crippen LogP contribution in [0.25, 0.3) is 21.9 Å². The molecule has 0 aliphatic rings. The molecular weight excluding hydrogens is 412 g/mol. The average molecular weight is 441 g/mol. The number of methoxy groups -OCH3 is 1. The maximum atomic E-state index is 13.2. The molecule has 0 atom stereocenters. The molecule has 0 spiro atoms. The standard InChI is InChI=1S/C28H28N2O3/c1-18-14-23-24(15-19(18)2)28(32)30(3)25(27(23)21-8-6-5-7-9-21)16-26(31)29-17-20-10-12-22(33-4)13-11-20/h5-15H,16-17H2,1-4H3,(H,29,31). The number of ether oxygens (including phenoxy) is 1. The highest BCUT2D eigenvalue weighted by Gasteiger charge is 2.19. The van der Waals surface area contributed by atoms with Gasteiger partial charge in [0, 0.05) is 30.2 Å². The van der Waals surface area contributed by atoms with Crippen LogP contribution in [0.5, 0.6) is 5.75 Å². The first-order valence-electron chi connectivity index (χ1n) is 11.0. The summed E-state index contributed by atoms with van der Waals surface area (Å²) < 4.78 is 6.80. The highest BCUT2D eigenvalue weighted by Crippen LogP contribution is 2.32. The van der Waals surface area contributed by atoms with Crippen LogP contribution in [-0.2, 0) is 24.8 Å². The lowest BCUT2D eigenvalue weighted by Gasteiger charge is -2.19. The van der Waals surface area contributed by atoms with Crippen molar-refractivity contribution in [1.29, 1.82) is 0 Å². The van der Waals surface area contributed by atoms with E-state index in [1.165, 1.54) is 0 Å². The number of benzene rings is 3. The highest BCUT2D eigenvalue weighted by atomic mass is 16.5. The molecule has 33 heavy (non-hydrogen) atoms. The molecule has 0 fully saturated rings. The van der Waals surface area contributed by atoms with E-state index < -0.39 is 0 Å². The minimum absolute atomic E-state index is 0.0919. The molecule has 0 saturated heterocycles. The summed E-state index contributed by atoms with van der Waals surface area (Å²) in [7, 11) is 3.37. The number of carbonyl (C=O) groups excluding carboxylic acids is 1. The summed E-state index contributed by atoms with van der Waals surface area (Å²) in [6, 6.07) is 21.5. The first kappa shape index (κ1) is 22.3. The van der Waals surface area contributed by atoms with Crippen LogP contribution in [0, 0.1) is 13.8 Å². The number of carbonyl (C=O) groups is 1. The first-order chi connectivity index (χ1) is 15.9. The summed E-state index contributed by atoms with van der Waals surface area (Å²) in [4.78, 5) is 26.2. The molecule has 1 heterocycles. The number of fused-ring (bicyclic) bond motifs is 1. The van der Waals surface area contributed by atoms with Crippen molar-refractivity contribution < 1.29 is 9.53 Å². The third kappa shape index (κ3) is 4.53. The fourth-order valence-corrected chi connectivity index (χ4v) is 4.12. The van der Waals surface area contributed by atoms with Gasteiger partial charge >= 0.3 is 0 Å². The number of aryl methyl sites for hydroxylation is 2. The topological polar surface area (TPSA) is 60.3 Å². The largest absolute Gasteiger partial charge is 0.497 e. The molecule has 0 bridgehead atoms. The second-order valence-electron chi connectivity index (χ2n) is 8.34. The van der Waals surface area contributed by atoms with E-state index >= 15 is 0 Å². The number of nitrogens with zero attached hydrogens (tertiary/aromatic N) is 1. The number of aromatic nitrogens is 1. The Morgan fingerprint density at radius 2 is 1.58 bits per heavy atom. The molecule has 1 aromatic heterocycles. The van der Waals surface area contributed by atoms with Crippen molar-refractivity contribution in [3.05, 3.63) is 99.5 Å². The van der Waals surface area contributed by atoms with E-state index in [0.717, 1.165) is 39.0 Å². The Hall–Kier alpha value is -3.86. The predicted octanol–water partition coefficient (Wildman–Crippen LogP) is 4.69. The van der Waals surface area contributed by atoms with Gasteiger partial charge in [-0.05, 0) is 59.7 Å². The van der Waals surface area contributed by atoms with E-state index in [2.05, 4.69) is 11.4 Å². The van der Waals surface area contributed by atoms with Gasteiger partial charge in [-0.15, -0.1) is 0 Å². The molecule has 0 aliphatic carbocycles. The van der Waals surface area contributed by atoms with E-state index in [4.69, 9.17) is 4.74 Å². The number of nitrogens with one attached hydrogen (secondary N) is 1. The van der Waals surface area contributed by atoms with Crippen LogP contribution in [0.4, 0.5) is 0 Å². The molecule has 168 valence electrons. The Kier molecular flexibility index (Phi) is 6.31. The Balaban J connectivity index is 1.74. The summed E-state index contributed by atoms with van der Waals surface area (Å²) in [6.45, 7) is 4.46. The molecule has 0 saturated carbocycles. The van der Waals surface area contributed by atoms with Gasteiger partial charge in [-0.2, -0.15) is 0 Å². The zero-order chi connectivity index (χ0) is 23.5. The predicted molar refractivity (Wildman–Crippen MR) is 133 cm³/mol. The zero-order valence-corrected chi connectivity index (χ0v) is 19.4. The molecule has 1 N–H and O–H groups in total. The molecule has 1 amide bonds. The van der Waals surface area contributed by atoms with Crippen molar-refractivity contribution >= 4 is 16.7 Å². The molecular formula is C28H28N2O3. The minimum atomic E-state index is -0.138. The number of hydrogen-bond acceptors (Lipinski definition) is 3. The van der Waals surface area contributed by atoms with Gasteiger partial charge < -0.3 is 14.6 Å². The lowest BCUT2D eigenvalue weighted by Crippen LogP contribution is -2.29. The maximum Gasteiger partial charge on any atom is 0.258 e. The quantitative estimate of drug-likeness (QED) is 0.473. The molecule has 4 rings (SSSR count). The summed E-state index contributed by atoms with van der Waals surface area (Å²) >= 11 is 0. The van der Waals surface area contributed by atoms with Crippen LogP contribution in [0.15, 0.2) is 71.5 Å². The normalized spacial score (nSPS) is 10.9. The zero-order valence-electron chi connectivity index (χ0n) is 19.4. The summed E-state index contributed by atoms with van der Waals surface area (Å²) in [6.07, 6.45) is 0.106. The van der Waals surface area contributed by atoms with Gasteiger partial charge in [0.05, 0.1) is 13.5 Å². The van der Waals surface area contributed by atoms with Gasteiger partial charge in [0.25, 0.3) is 5.56 Å². The molecule has 0 aliphatic heterocycles. The molecule has 5 heteroatoms. The third-order valence-electron chi connectivity index (χ3n) is 6.17. The van der Waals surface area contributed by atoms with Crippen LogP contribution in [0.3, 0.4) is 0 Å². The minimum Gasteiger partial charge on any atom is -0.497 e. The van der Waals surface area contributed by atoms with Gasteiger partial charge in [0.2, 0.25) is 5.91 Å². The Morgan fingerprint density at radius 3 is 2.21 bits per heavy atom. The monoisotopic (exact) mass is 440 g/mol. The number of rotatable bonds is 6. The van der Waals surface area contributed by atoms with Crippen molar-refractivity contribution in [2.75, 3.05) is 7.11 Å². The Bertz CT molecular complexity index is 1370. The van der Waals surface area contributed by atoms with Gasteiger partial charge in [-0.3, -0.25) is 9.59 Å². The summed E-state index contributed by atoms with van der Waals surface area (Å²) in [5.41, 5.74) is 5.69. The SMILES string of the molecule is COc1ccc(CNC(=O)Cc2c(-c3ccccc3)c3cc(C)c(C)cc3c(=O)n2C)cc1. The van der Waals surface area contributed by atoms with Crippen LogP contribution in [-0.4, -0.2) is 17.6 Å². The van der Waals surface area contributed by atoms with E-state index in [9.17, 15) is 9.59 Å². The average Bonchev–Trinajstić information content (AvgIpc) is 2.83. The molecule has 5 nitrogen and oxygen atoms in total. The van der Waals surface area contributed by atoms with Crippen molar-refractivity contribution in [2.45, 2.75) is 26.8 Å². The van der Waals surface area contributed by atoms with E-state index in [0.29, 0.717) is 17.6 Å². The number of pyridine rings is 1. The van der Waals surface area contributed by atoms with Crippen molar-refractivity contribution in [3.8, 4) is 16.9 Å². The van der Waals surface area contributed by atoms with Gasteiger partial charge in [-0.1, -0.05) is 48.5 Å². The first-order valence-corrected chi connectivity index (χ1v) is 11.0. The third-order valence-corrected chi connectivity index (χ3v) is 6.17. The van der Waals surface area contributed by atoms with Crippen LogP contribution in [0.2, 0.25) is 0 Å². The smallest absolute Gasteiger partial charge is 0.258 e. The second-order valence-corrected chi connectivity index (χ2v) is 8.34. The van der Waals surface area contributed by atoms with Gasteiger partial charge in [0.15, 0.2) is 0 Å². The molecule has 4 aromatic rings. The Labute approximate surface area is 193 Å². The summed E-state index contributed by atoms with van der Waals surface area (Å²) in [5.74, 6) is 0.635. The lowest BCUT2D eigenvalue weighted by atomic mass is 9.93. The number of hydrogen-bond donors (Lipinski definition) is 1. The van der Waals surface area contributed by atoms with Crippen molar-refractivity contribution in [3.63, 3.8) is 0 Å². The van der Waals surface area contributed by atoms with Crippen molar-refractivity contribution in [1.82, 2.24) is 9.88 Å². The van der Waals surface area contributed by atoms with Crippen LogP contribution >= 0.6 is 0 Å². The fraction of sp³-hybridized carbons (Fsp3) is 0.214.